The number of amides is 2. The van der Waals surface area contributed by atoms with E-state index < -0.39 is 11.9 Å². The van der Waals surface area contributed by atoms with Crippen molar-refractivity contribution in [2.45, 2.75) is 6.04 Å². The second kappa shape index (κ2) is 6.97. The molecule has 124 valence electrons. The first kappa shape index (κ1) is 16.4. The van der Waals surface area contributed by atoms with E-state index in [9.17, 15) is 9.59 Å². The lowest BCUT2D eigenvalue weighted by molar-refractivity contribution is -0.121. The summed E-state index contributed by atoms with van der Waals surface area (Å²) in [7, 11) is 1.61. The maximum absolute atomic E-state index is 13.0. The number of hydrogen-bond donors (Lipinski definition) is 1. The molecule has 2 aromatic rings. The second-order valence-electron chi connectivity index (χ2n) is 5.47. The van der Waals surface area contributed by atoms with Crippen LogP contribution in [-0.2, 0) is 4.79 Å². The summed E-state index contributed by atoms with van der Waals surface area (Å²) < 4.78 is 5.18. The van der Waals surface area contributed by atoms with E-state index in [1.54, 1.807) is 18.1 Å². The molecule has 0 saturated carbocycles. The van der Waals surface area contributed by atoms with Gasteiger partial charge in [-0.15, -0.1) is 11.8 Å². The first-order valence-corrected chi connectivity index (χ1v) is 8.69. The van der Waals surface area contributed by atoms with Gasteiger partial charge >= 0.3 is 0 Å². The van der Waals surface area contributed by atoms with Crippen LogP contribution in [0.5, 0.6) is 5.75 Å². The summed E-state index contributed by atoms with van der Waals surface area (Å²) in [4.78, 5) is 26.1. The predicted molar refractivity (Wildman–Crippen MR) is 94.9 cm³/mol. The molecule has 1 atom stereocenters. The van der Waals surface area contributed by atoms with E-state index in [2.05, 4.69) is 0 Å². The van der Waals surface area contributed by atoms with Gasteiger partial charge in [0.25, 0.3) is 5.91 Å². The van der Waals surface area contributed by atoms with Gasteiger partial charge in [0.15, 0.2) is 0 Å². The molecule has 0 spiro atoms. The molecule has 1 aliphatic heterocycles. The van der Waals surface area contributed by atoms with Crippen molar-refractivity contribution in [3.05, 3.63) is 54.1 Å². The Balaban J connectivity index is 1.96. The van der Waals surface area contributed by atoms with Crippen molar-refractivity contribution in [1.29, 1.82) is 0 Å². The molecular weight excluding hydrogens is 324 g/mol. The molecular formula is C18H18N2O3S. The maximum atomic E-state index is 13.0. The van der Waals surface area contributed by atoms with Crippen molar-refractivity contribution in [1.82, 2.24) is 4.90 Å². The van der Waals surface area contributed by atoms with Crippen LogP contribution in [0.4, 0.5) is 0 Å². The summed E-state index contributed by atoms with van der Waals surface area (Å²) in [5.74, 6) is 1.15. The van der Waals surface area contributed by atoms with Crippen molar-refractivity contribution >= 4 is 23.6 Å². The number of hydrogen-bond acceptors (Lipinski definition) is 4. The van der Waals surface area contributed by atoms with Crippen LogP contribution in [0.3, 0.4) is 0 Å². The summed E-state index contributed by atoms with van der Waals surface area (Å²) in [5, 5.41) is 0. The molecule has 0 unspecified atom stereocenters. The third-order valence-electron chi connectivity index (χ3n) is 4.03. The minimum atomic E-state index is -0.550. The van der Waals surface area contributed by atoms with Crippen molar-refractivity contribution < 1.29 is 14.3 Å². The Morgan fingerprint density at radius 2 is 1.88 bits per heavy atom. The van der Waals surface area contributed by atoms with Gasteiger partial charge in [0.2, 0.25) is 5.91 Å². The molecule has 0 aromatic heterocycles. The first-order chi connectivity index (χ1) is 11.6. The van der Waals surface area contributed by atoms with Crippen molar-refractivity contribution in [3.8, 4) is 16.9 Å². The van der Waals surface area contributed by atoms with Crippen LogP contribution in [0, 0.1) is 0 Å². The smallest absolute Gasteiger partial charge is 0.255 e. The average Bonchev–Trinajstić information content (AvgIpc) is 3.11. The van der Waals surface area contributed by atoms with Crippen LogP contribution in [0.15, 0.2) is 48.5 Å². The van der Waals surface area contributed by atoms with Gasteiger partial charge in [0.05, 0.1) is 13.0 Å². The molecule has 1 fully saturated rings. The zero-order chi connectivity index (χ0) is 17.1. The number of methoxy groups -OCH3 is 1. The Bertz CT molecular complexity index is 761. The number of primary amides is 1. The Hall–Kier alpha value is -2.47. The molecule has 6 heteroatoms. The molecule has 24 heavy (non-hydrogen) atoms. The number of carbonyl (C=O) groups is 2. The lowest BCUT2D eigenvalue weighted by atomic mass is 9.98. The Kier molecular flexibility index (Phi) is 4.76. The molecule has 5 nitrogen and oxygen atoms in total. The summed E-state index contributed by atoms with van der Waals surface area (Å²) in [5.41, 5.74) is 7.73. The standard InChI is InChI=1S/C18H18N2O3S/c1-23-13-8-6-12(7-9-13)14-4-2-3-5-15(14)18(22)20-11-24-10-16(20)17(19)21/h2-9,16H,10-11H2,1H3,(H2,19,21)/t16-/m0/s1. The third kappa shape index (κ3) is 3.10. The fraction of sp³-hybridized carbons (Fsp3) is 0.222. The van der Waals surface area contributed by atoms with Crippen LogP contribution in [0.25, 0.3) is 11.1 Å². The molecule has 0 aliphatic carbocycles. The molecule has 0 bridgehead atoms. The number of nitrogens with two attached hydrogens (primary N) is 1. The second-order valence-corrected chi connectivity index (χ2v) is 6.47. The van der Waals surface area contributed by atoms with E-state index >= 15 is 0 Å². The highest BCUT2D eigenvalue weighted by atomic mass is 32.2. The molecule has 2 aromatic carbocycles. The van der Waals surface area contributed by atoms with E-state index in [1.165, 1.54) is 11.8 Å². The van der Waals surface area contributed by atoms with Gasteiger partial charge in [-0.3, -0.25) is 9.59 Å². The van der Waals surface area contributed by atoms with Gasteiger partial charge < -0.3 is 15.4 Å². The molecule has 3 rings (SSSR count). The van der Waals surface area contributed by atoms with E-state index in [0.29, 0.717) is 17.2 Å². The van der Waals surface area contributed by atoms with Gasteiger partial charge in [-0.2, -0.15) is 0 Å². The number of benzene rings is 2. The fourth-order valence-corrected chi connectivity index (χ4v) is 3.89. The quantitative estimate of drug-likeness (QED) is 0.926. The lowest BCUT2D eigenvalue weighted by Crippen LogP contribution is -2.45. The van der Waals surface area contributed by atoms with Gasteiger partial charge in [0, 0.05) is 11.3 Å². The van der Waals surface area contributed by atoms with E-state index in [4.69, 9.17) is 10.5 Å². The van der Waals surface area contributed by atoms with Crippen LogP contribution in [0.1, 0.15) is 10.4 Å². The predicted octanol–water partition coefficient (Wildman–Crippen LogP) is 2.36. The Morgan fingerprint density at radius 1 is 1.17 bits per heavy atom. The van der Waals surface area contributed by atoms with Gasteiger partial charge in [-0.1, -0.05) is 30.3 Å². The summed E-state index contributed by atoms with van der Waals surface area (Å²) in [6, 6.07) is 14.4. The maximum Gasteiger partial charge on any atom is 0.255 e. The van der Waals surface area contributed by atoms with E-state index in [1.807, 2.05) is 42.5 Å². The summed E-state index contributed by atoms with van der Waals surface area (Å²) in [6.07, 6.45) is 0. The fourth-order valence-electron chi connectivity index (χ4n) is 2.73. The zero-order valence-corrected chi connectivity index (χ0v) is 14.1. The number of rotatable bonds is 4. The average molecular weight is 342 g/mol. The molecule has 1 aliphatic rings. The first-order valence-electron chi connectivity index (χ1n) is 7.53. The Morgan fingerprint density at radius 3 is 2.54 bits per heavy atom. The summed E-state index contributed by atoms with van der Waals surface area (Å²) in [6.45, 7) is 0. The largest absolute Gasteiger partial charge is 0.497 e. The molecule has 2 amide bonds. The highest BCUT2D eigenvalue weighted by Gasteiger charge is 2.34. The van der Waals surface area contributed by atoms with E-state index in [0.717, 1.165) is 16.9 Å². The zero-order valence-electron chi connectivity index (χ0n) is 13.3. The summed E-state index contributed by atoms with van der Waals surface area (Å²) >= 11 is 1.54. The number of thioether (sulfide) groups is 1. The van der Waals surface area contributed by atoms with Crippen molar-refractivity contribution in [2.24, 2.45) is 5.73 Å². The minimum absolute atomic E-state index is 0.171. The molecule has 1 heterocycles. The van der Waals surface area contributed by atoms with Gasteiger partial charge in [-0.25, -0.2) is 0 Å². The van der Waals surface area contributed by atoms with E-state index in [-0.39, 0.29) is 5.91 Å². The number of carbonyl (C=O) groups excluding carboxylic acids is 2. The van der Waals surface area contributed by atoms with Crippen molar-refractivity contribution in [2.75, 3.05) is 18.7 Å². The normalized spacial score (nSPS) is 16.9. The minimum Gasteiger partial charge on any atom is -0.497 e. The topological polar surface area (TPSA) is 72.6 Å². The van der Waals surface area contributed by atoms with Crippen LogP contribution in [-0.4, -0.2) is 41.5 Å². The molecule has 2 N–H and O–H groups in total. The van der Waals surface area contributed by atoms with Gasteiger partial charge in [0.1, 0.15) is 11.8 Å². The monoisotopic (exact) mass is 342 g/mol. The molecule has 0 radical (unpaired) electrons. The Labute approximate surface area is 144 Å². The SMILES string of the molecule is COc1ccc(-c2ccccc2C(=O)N2CSC[C@H]2C(N)=O)cc1. The van der Waals surface area contributed by atoms with Crippen LogP contribution < -0.4 is 10.5 Å². The highest BCUT2D eigenvalue weighted by molar-refractivity contribution is 7.99. The van der Waals surface area contributed by atoms with Crippen molar-refractivity contribution in [3.63, 3.8) is 0 Å². The third-order valence-corrected chi connectivity index (χ3v) is 5.04. The lowest BCUT2D eigenvalue weighted by Gasteiger charge is -2.22. The van der Waals surface area contributed by atoms with Crippen LogP contribution >= 0.6 is 11.8 Å². The van der Waals surface area contributed by atoms with Crippen LogP contribution in [0.2, 0.25) is 0 Å². The highest BCUT2D eigenvalue weighted by Crippen LogP contribution is 2.29. The number of nitrogens with zero attached hydrogens (tertiary/aromatic N) is 1. The number of ether oxygens (including phenoxy) is 1. The molecule has 1 saturated heterocycles. The van der Waals surface area contributed by atoms with Gasteiger partial charge in [-0.05, 0) is 29.3 Å².